The Hall–Kier alpha value is -6.56. The predicted molar refractivity (Wildman–Crippen MR) is 395 cm³/mol. The van der Waals surface area contributed by atoms with Crippen LogP contribution in [0.1, 0.15) is 41.5 Å². The molecule has 0 radical (unpaired) electrons. The van der Waals surface area contributed by atoms with Crippen molar-refractivity contribution in [2.45, 2.75) is 77.2 Å². The van der Waals surface area contributed by atoms with Crippen LogP contribution in [0.15, 0.2) is 214 Å². The number of nitrogens with zero attached hydrogens (tertiary/aromatic N) is 3. The number of nitrogens with two attached hydrogens (primary N) is 2. The van der Waals surface area contributed by atoms with E-state index in [0.717, 1.165) is 20.1 Å². The van der Waals surface area contributed by atoms with Crippen molar-refractivity contribution in [3.05, 3.63) is 189 Å². The third-order valence-electron chi connectivity index (χ3n) is 11.2. The summed E-state index contributed by atoms with van der Waals surface area (Å²) in [6, 6.07) is 46.4. The fourth-order valence-electron chi connectivity index (χ4n) is 6.68. The van der Waals surface area contributed by atoms with Crippen LogP contribution in [-0.2, 0) is 58.6 Å². The summed E-state index contributed by atoms with van der Waals surface area (Å²) in [6.45, 7) is 10.7. The number of nitrogens with one attached hydrogen (secondary N) is 6. The number of pyridine rings is 3. The second-order valence-corrected chi connectivity index (χ2v) is 33.4. The van der Waals surface area contributed by atoms with Crippen LogP contribution in [-0.4, -0.2) is 133 Å². The highest BCUT2D eigenvalue weighted by Gasteiger charge is 2.20. The highest BCUT2D eigenvalue weighted by molar-refractivity contribution is 9.11. The van der Waals surface area contributed by atoms with Gasteiger partial charge in [0.25, 0.3) is 9.05 Å². The Labute approximate surface area is 608 Å². The third kappa shape index (κ3) is 33.1. The molecular formula is C60H75BBr3Cl2N11O16S5. The lowest BCUT2D eigenvalue weighted by molar-refractivity contribution is 0.0624. The van der Waals surface area contributed by atoms with Crippen molar-refractivity contribution in [1.82, 2.24) is 33.8 Å². The van der Waals surface area contributed by atoms with Crippen LogP contribution in [0, 0.1) is 0 Å². The van der Waals surface area contributed by atoms with Crippen LogP contribution in [0.3, 0.4) is 0 Å². The Morgan fingerprint density at radius 1 is 0.449 bits per heavy atom. The molecule has 0 aliphatic carbocycles. The van der Waals surface area contributed by atoms with Crippen molar-refractivity contribution in [3.8, 4) is 22.5 Å². The number of ether oxygens (including phenoxy) is 2. The SMILES string of the molecule is CC(C)(C)OC(=O)Nc1cccc(Br)n1.CN.CNS(=O)(=O)c1ccc(-c2cccc(N)n2)cc1.CNS(=O)(=O)c1ccc(-c2cccc(NC(=O)OC(C)(C)C)n2)cc1.CNS(=O)(=O)c1ccc(B(O)O)cc1.CNS(=O)(=O)c1ccc(Br)cc1.Cl.O=S(=O)(Cl)c1ccc(Br)cc1. The van der Waals surface area contributed by atoms with Crippen LogP contribution < -0.4 is 46.5 Å². The first-order valence-corrected chi connectivity index (χ1v) is 38.4. The fraction of sp³-hybridized carbons (Fsp3) is 0.217. The molecule has 0 fully saturated rings. The maximum Gasteiger partial charge on any atom is 0.488 e. The molecule has 2 amide bonds. The average molecular weight is 1690 g/mol. The van der Waals surface area contributed by atoms with Crippen LogP contribution in [0.5, 0.6) is 0 Å². The summed E-state index contributed by atoms with van der Waals surface area (Å²) in [4.78, 5) is 36.6. The molecule has 5 aromatic carbocycles. The molecule has 0 bridgehead atoms. The second kappa shape index (κ2) is 41.3. The van der Waals surface area contributed by atoms with Crippen molar-refractivity contribution in [1.29, 1.82) is 0 Å². The number of hydrogen-bond acceptors (Lipinski definition) is 21. The highest BCUT2D eigenvalue weighted by Crippen LogP contribution is 2.24. The van der Waals surface area contributed by atoms with Crippen molar-refractivity contribution in [2.24, 2.45) is 5.73 Å². The molecule has 0 aliphatic rings. The lowest BCUT2D eigenvalue weighted by Gasteiger charge is -2.19. The smallest absolute Gasteiger partial charge is 0.444 e. The molecule has 27 nitrogen and oxygen atoms in total. The van der Waals surface area contributed by atoms with E-state index in [1.807, 2.05) is 6.07 Å². The molecule has 12 N–H and O–H groups in total. The normalized spacial score (nSPS) is 11.2. The number of nitrogen functional groups attached to an aromatic ring is 1. The van der Waals surface area contributed by atoms with Gasteiger partial charge in [-0.15, -0.1) is 12.4 Å². The summed E-state index contributed by atoms with van der Waals surface area (Å²) in [5.74, 6) is 1.23. The number of anilines is 3. The van der Waals surface area contributed by atoms with Gasteiger partial charge in [-0.2, -0.15) is 0 Å². The summed E-state index contributed by atoms with van der Waals surface area (Å²) in [5, 5.41) is 22.6. The molecule has 0 aliphatic heterocycles. The maximum atomic E-state index is 11.8. The molecule has 98 heavy (non-hydrogen) atoms. The lowest BCUT2D eigenvalue weighted by atomic mass is 9.81. The highest BCUT2D eigenvalue weighted by atomic mass is 79.9. The number of carbonyl (C=O) groups excluding carboxylic acids is 2. The molecular weight excluding hydrogens is 1610 g/mol. The van der Waals surface area contributed by atoms with E-state index in [-0.39, 0.29) is 42.3 Å². The zero-order chi connectivity index (χ0) is 73.8. The molecule has 0 spiro atoms. The number of carbonyl (C=O) groups is 2. The average Bonchev–Trinajstić information content (AvgIpc) is 0.842. The quantitative estimate of drug-likeness (QED) is 0.0275. The number of amides is 2. The topological polar surface area (TPSA) is 427 Å². The summed E-state index contributed by atoms with van der Waals surface area (Å²) < 4.78 is 134. The Morgan fingerprint density at radius 3 is 1.05 bits per heavy atom. The number of rotatable bonds is 14. The molecule has 0 saturated carbocycles. The van der Waals surface area contributed by atoms with Gasteiger partial charge in [0.05, 0.1) is 35.9 Å². The van der Waals surface area contributed by atoms with Crippen LogP contribution >= 0.6 is 70.9 Å². The minimum atomic E-state index is -3.57. The van der Waals surface area contributed by atoms with Crippen molar-refractivity contribution in [3.63, 3.8) is 0 Å². The van der Waals surface area contributed by atoms with E-state index in [2.05, 4.69) is 98.0 Å². The van der Waals surface area contributed by atoms with Gasteiger partial charge in [-0.25, -0.2) is 85.5 Å². The number of benzene rings is 5. The van der Waals surface area contributed by atoms with E-state index in [1.165, 1.54) is 108 Å². The first-order valence-electron chi connectivity index (χ1n) is 27.8. The predicted octanol–water partition coefficient (Wildman–Crippen LogP) is 9.44. The molecule has 3 heterocycles. The van der Waals surface area contributed by atoms with E-state index in [4.69, 9.17) is 35.9 Å². The molecule has 3 aromatic heterocycles. The first-order chi connectivity index (χ1) is 45.0. The van der Waals surface area contributed by atoms with Gasteiger partial charge in [0.2, 0.25) is 40.1 Å². The van der Waals surface area contributed by atoms with Gasteiger partial charge in [-0.1, -0.05) is 86.5 Å². The molecule has 8 rings (SSSR count). The van der Waals surface area contributed by atoms with Crippen molar-refractivity contribution in [2.75, 3.05) is 51.6 Å². The summed E-state index contributed by atoms with van der Waals surface area (Å²) in [6.07, 6.45) is -1.10. The van der Waals surface area contributed by atoms with Crippen LogP contribution in [0.4, 0.5) is 27.0 Å². The molecule has 38 heteroatoms. The molecule has 534 valence electrons. The van der Waals surface area contributed by atoms with Gasteiger partial charge in [0, 0.05) is 30.8 Å². The molecule has 0 atom stereocenters. The third-order valence-corrected chi connectivity index (χ3v) is 19.8. The maximum absolute atomic E-state index is 11.8. The number of aromatic nitrogens is 3. The van der Waals surface area contributed by atoms with Gasteiger partial charge in [0.15, 0.2) is 0 Å². The first kappa shape index (κ1) is 89.5. The van der Waals surface area contributed by atoms with Gasteiger partial charge in [-0.05, 0) is 220 Å². The monoisotopic (exact) mass is 1680 g/mol. The fourth-order valence-corrected chi connectivity index (χ4v) is 11.2. The van der Waals surface area contributed by atoms with Crippen LogP contribution in [0.2, 0.25) is 0 Å². The van der Waals surface area contributed by atoms with Gasteiger partial charge >= 0.3 is 19.3 Å². The molecule has 0 unspecified atom stereocenters. The van der Waals surface area contributed by atoms with Gasteiger partial charge < -0.3 is 31.0 Å². The zero-order valence-electron chi connectivity index (χ0n) is 54.4. The van der Waals surface area contributed by atoms with E-state index in [9.17, 15) is 51.7 Å². The van der Waals surface area contributed by atoms with E-state index in [0.29, 0.717) is 33.4 Å². The zero-order valence-corrected chi connectivity index (χ0v) is 64.8. The molecule has 0 saturated heterocycles. The number of halogens is 5. The van der Waals surface area contributed by atoms with E-state index >= 15 is 0 Å². The van der Waals surface area contributed by atoms with Gasteiger partial charge in [-0.3, -0.25) is 10.6 Å². The minimum Gasteiger partial charge on any atom is -0.444 e. The standard InChI is InChI=1S/C17H21N3O4S.C12H13N3O2S.C10H13BrN2O2.C7H10BNO4S.C7H8BrNO2S.C6H4BrClO2S.CH5N.ClH/c1-17(2,3)24-16(21)20-15-7-5-6-14(19-15)12-8-10-13(11-9-12)25(22,23)18-4;1-14-18(16,17)10-7-5-9(6-8-10)11-3-2-4-12(13)15-11;1-10(2,3)15-9(14)13-8-6-4-5-7(11)12-8;1-9-14(12,13)7-4-2-6(3-5-7)8(10)11;1-9-12(10,11)7-4-2-6(8)3-5-7;7-5-1-3-6(4-2-5)11(8,9)10;1-2;/h5-11,18H,1-4H3,(H,19,20,21);2-8,14H,1H3,(H2,13,15);4-6H,1-3H3,(H,12,13,14);2-5,9-11H,1H3;2-5,9H,1H3;1-4H;2H2,1H3;1H. The van der Waals surface area contributed by atoms with E-state index < -0.39 is 79.7 Å². The second-order valence-electron chi connectivity index (χ2n) is 20.6. The number of sulfonamides is 4. The number of hydrogen-bond donors (Lipinski definition) is 10. The van der Waals surface area contributed by atoms with Gasteiger partial charge in [0.1, 0.15) is 33.3 Å². The Bertz CT molecular complexity index is 4430. The largest absolute Gasteiger partial charge is 0.488 e. The Morgan fingerprint density at radius 2 is 0.745 bits per heavy atom. The summed E-state index contributed by atoms with van der Waals surface area (Å²) in [5.41, 5.74) is 12.1. The summed E-state index contributed by atoms with van der Waals surface area (Å²) >= 11 is 9.60. The van der Waals surface area contributed by atoms with Crippen LogP contribution in [0.25, 0.3) is 22.5 Å². The Kier molecular flexibility index (Phi) is 37.7. The molecule has 8 aromatic rings. The Balaban J connectivity index is 0.000000597. The van der Waals surface area contributed by atoms with Crippen molar-refractivity contribution < 1.29 is 71.2 Å². The lowest BCUT2D eigenvalue weighted by Crippen LogP contribution is -2.30. The summed E-state index contributed by atoms with van der Waals surface area (Å²) in [7, 11) is -6.77. The van der Waals surface area contributed by atoms with Crippen molar-refractivity contribution >= 4 is 162 Å². The van der Waals surface area contributed by atoms with E-state index in [1.54, 1.807) is 139 Å². The minimum absolute atomic E-state index is 0.